The van der Waals surface area contributed by atoms with E-state index in [9.17, 15) is 13.2 Å². The van der Waals surface area contributed by atoms with Gasteiger partial charge in [0, 0.05) is 18.9 Å². The van der Waals surface area contributed by atoms with E-state index in [4.69, 9.17) is 5.14 Å². The molecule has 1 fully saturated rings. The quantitative estimate of drug-likeness (QED) is 0.863. The van der Waals surface area contributed by atoms with Crippen LogP contribution in [0.3, 0.4) is 0 Å². The summed E-state index contributed by atoms with van der Waals surface area (Å²) in [4.78, 5) is 18.0. The molecule has 1 aliphatic rings. The van der Waals surface area contributed by atoms with Crippen LogP contribution < -0.4 is 10.0 Å². The van der Waals surface area contributed by atoms with Crippen molar-refractivity contribution in [3.05, 3.63) is 22.1 Å². The van der Waals surface area contributed by atoms with Crippen molar-refractivity contribution in [3.8, 4) is 0 Å². The Kier molecular flexibility index (Phi) is 3.76. The van der Waals surface area contributed by atoms with Crippen molar-refractivity contribution in [1.29, 1.82) is 0 Å². The van der Waals surface area contributed by atoms with E-state index in [1.54, 1.807) is 10.4 Å². The van der Waals surface area contributed by atoms with Crippen molar-refractivity contribution in [2.75, 3.05) is 17.2 Å². The lowest BCUT2D eigenvalue weighted by Crippen LogP contribution is -2.27. The van der Waals surface area contributed by atoms with Gasteiger partial charge in [0.2, 0.25) is 15.9 Å². The number of halogens is 1. The van der Waals surface area contributed by atoms with Crippen molar-refractivity contribution in [3.63, 3.8) is 0 Å². The molecule has 2 aromatic rings. The molecule has 1 unspecified atom stereocenters. The molecule has 9 heteroatoms. The van der Waals surface area contributed by atoms with Crippen molar-refractivity contribution < 1.29 is 13.2 Å². The summed E-state index contributed by atoms with van der Waals surface area (Å²) in [7, 11) is -3.57. The number of amides is 1. The van der Waals surface area contributed by atoms with E-state index >= 15 is 0 Å². The Balaban J connectivity index is 1.92. The predicted octanol–water partition coefficient (Wildman–Crippen LogP) is 1.70. The Morgan fingerprint density at radius 3 is 2.95 bits per heavy atom. The van der Waals surface area contributed by atoms with E-state index < -0.39 is 10.0 Å². The van der Waals surface area contributed by atoms with Gasteiger partial charge in [-0.05, 0) is 28.1 Å². The van der Waals surface area contributed by atoms with Gasteiger partial charge >= 0.3 is 0 Å². The number of rotatable bonds is 3. The fraction of sp³-hybridized carbons (Fsp3) is 0.333. The minimum Gasteiger partial charge on any atom is -0.311 e. The van der Waals surface area contributed by atoms with Crippen LogP contribution in [-0.4, -0.2) is 31.6 Å². The molecule has 0 aliphatic carbocycles. The third-order valence-corrected chi connectivity index (χ3v) is 6.24. The zero-order valence-electron chi connectivity index (χ0n) is 10.8. The maximum Gasteiger partial charge on any atom is 0.227 e. The largest absolute Gasteiger partial charge is 0.311 e. The summed E-state index contributed by atoms with van der Waals surface area (Å²) in [6, 6.07) is 3.68. The highest BCUT2D eigenvalue weighted by molar-refractivity contribution is 9.10. The van der Waals surface area contributed by atoms with Gasteiger partial charge in [0.15, 0.2) is 0 Å². The molecule has 1 amide bonds. The second-order valence-electron chi connectivity index (χ2n) is 5.00. The molecule has 1 aromatic heterocycles. The van der Waals surface area contributed by atoms with E-state index in [-0.39, 0.29) is 24.0 Å². The van der Waals surface area contributed by atoms with Crippen LogP contribution in [0.25, 0.3) is 10.2 Å². The fourth-order valence-corrected chi connectivity index (χ4v) is 4.98. The summed E-state index contributed by atoms with van der Waals surface area (Å²) in [6.45, 7) is 0.359. The number of anilines is 1. The monoisotopic (exact) mass is 389 g/mol. The van der Waals surface area contributed by atoms with E-state index in [0.29, 0.717) is 6.54 Å². The van der Waals surface area contributed by atoms with Crippen LogP contribution in [0, 0.1) is 5.92 Å². The third-order valence-electron chi connectivity index (χ3n) is 3.38. The highest BCUT2D eigenvalue weighted by atomic mass is 79.9. The molecule has 0 bridgehead atoms. The summed E-state index contributed by atoms with van der Waals surface area (Å²) < 4.78 is 24.1. The van der Waals surface area contributed by atoms with Crippen molar-refractivity contribution in [1.82, 2.24) is 4.98 Å². The van der Waals surface area contributed by atoms with Crippen LogP contribution in [0.4, 0.5) is 5.69 Å². The molecule has 0 saturated carbocycles. The number of carbonyl (C=O) groups is 1. The van der Waals surface area contributed by atoms with Gasteiger partial charge in [-0.25, -0.2) is 18.5 Å². The zero-order valence-corrected chi connectivity index (χ0v) is 14.0. The van der Waals surface area contributed by atoms with Gasteiger partial charge in [-0.2, -0.15) is 0 Å². The summed E-state index contributed by atoms with van der Waals surface area (Å²) in [5, 5.41) is 5.06. The number of benzene rings is 1. The summed E-state index contributed by atoms with van der Waals surface area (Å²) in [5.41, 5.74) is 3.35. The Morgan fingerprint density at radius 1 is 1.48 bits per heavy atom. The van der Waals surface area contributed by atoms with Crippen molar-refractivity contribution in [2.24, 2.45) is 11.1 Å². The van der Waals surface area contributed by atoms with E-state index in [1.807, 2.05) is 12.1 Å². The molecule has 6 nitrogen and oxygen atoms in total. The maximum atomic E-state index is 12.2. The van der Waals surface area contributed by atoms with E-state index in [1.165, 1.54) is 11.3 Å². The van der Waals surface area contributed by atoms with Gasteiger partial charge in [0.05, 0.1) is 31.6 Å². The first-order chi connectivity index (χ1) is 9.85. The van der Waals surface area contributed by atoms with Crippen LogP contribution >= 0.6 is 27.3 Å². The fourth-order valence-electron chi connectivity index (χ4n) is 2.55. The van der Waals surface area contributed by atoms with Gasteiger partial charge in [-0.3, -0.25) is 4.79 Å². The average molecular weight is 390 g/mol. The molecule has 0 spiro atoms. The summed E-state index contributed by atoms with van der Waals surface area (Å²) in [6.07, 6.45) is 0.198. The number of primary sulfonamides is 1. The van der Waals surface area contributed by atoms with Crippen LogP contribution in [0.2, 0.25) is 0 Å². The molecule has 1 aromatic carbocycles. The minimum absolute atomic E-state index is 0.0896. The zero-order chi connectivity index (χ0) is 15.2. The molecule has 112 valence electrons. The highest BCUT2D eigenvalue weighted by Crippen LogP contribution is 2.38. The molecule has 2 heterocycles. The summed E-state index contributed by atoms with van der Waals surface area (Å²) in [5.74, 6) is -0.528. The van der Waals surface area contributed by atoms with Crippen molar-refractivity contribution in [2.45, 2.75) is 6.42 Å². The molecule has 0 radical (unpaired) electrons. The van der Waals surface area contributed by atoms with Crippen LogP contribution in [-0.2, 0) is 14.8 Å². The lowest BCUT2D eigenvalue weighted by Gasteiger charge is -2.18. The molecule has 1 atom stereocenters. The molecule has 1 aliphatic heterocycles. The third kappa shape index (κ3) is 2.96. The number of thiazole rings is 1. The highest BCUT2D eigenvalue weighted by Gasteiger charge is 2.34. The Morgan fingerprint density at radius 2 is 2.24 bits per heavy atom. The first-order valence-corrected chi connectivity index (χ1v) is 9.56. The van der Waals surface area contributed by atoms with E-state index in [2.05, 4.69) is 20.9 Å². The lowest BCUT2D eigenvalue weighted by molar-refractivity contribution is -0.117. The average Bonchev–Trinajstić information content (AvgIpc) is 2.95. The Labute approximate surface area is 134 Å². The lowest BCUT2D eigenvalue weighted by atomic mass is 10.1. The van der Waals surface area contributed by atoms with Gasteiger partial charge < -0.3 is 4.90 Å². The molecule has 2 N–H and O–H groups in total. The van der Waals surface area contributed by atoms with Crippen LogP contribution in [0.1, 0.15) is 6.42 Å². The van der Waals surface area contributed by atoms with Gasteiger partial charge in [-0.1, -0.05) is 0 Å². The first-order valence-electron chi connectivity index (χ1n) is 6.17. The number of nitrogens with zero attached hydrogens (tertiary/aromatic N) is 2. The smallest absolute Gasteiger partial charge is 0.227 e. The summed E-state index contributed by atoms with van der Waals surface area (Å²) >= 11 is 5.00. The SMILES string of the molecule is NS(=O)(=O)CC1CC(=O)N(c2ccc3ncsc3c2Br)C1. The number of hydrogen-bond acceptors (Lipinski definition) is 5. The minimum atomic E-state index is -3.57. The van der Waals surface area contributed by atoms with Crippen LogP contribution in [0.5, 0.6) is 0 Å². The Bertz CT molecular complexity index is 818. The van der Waals surface area contributed by atoms with Crippen molar-refractivity contribution >= 4 is 59.1 Å². The van der Waals surface area contributed by atoms with Gasteiger partial charge in [0.25, 0.3) is 0 Å². The number of fused-ring (bicyclic) bond motifs is 1. The topological polar surface area (TPSA) is 93.4 Å². The first kappa shape index (κ1) is 14.9. The maximum absolute atomic E-state index is 12.2. The van der Waals surface area contributed by atoms with Crippen LogP contribution in [0.15, 0.2) is 22.1 Å². The second-order valence-corrected chi connectivity index (χ2v) is 8.31. The normalized spacial score (nSPS) is 19.6. The number of hydrogen-bond donors (Lipinski definition) is 1. The number of nitrogens with two attached hydrogens (primary N) is 1. The number of carbonyl (C=O) groups excluding carboxylic acids is 1. The second kappa shape index (κ2) is 5.31. The Hall–Kier alpha value is -1.03. The van der Waals surface area contributed by atoms with Gasteiger partial charge in [-0.15, -0.1) is 11.3 Å². The molecule has 3 rings (SSSR count). The predicted molar refractivity (Wildman–Crippen MR) is 85.8 cm³/mol. The van der Waals surface area contributed by atoms with E-state index in [0.717, 1.165) is 20.4 Å². The molecule has 1 saturated heterocycles. The molecule has 21 heavy (non-hydrogen) atoms. The number of aromatic nitrogens is 1. The number of sulfonamides is 1. The molecular formula is C12H12BrN3O3S2. The van der Waals surface area contributed by atoms with Gasteiger partial charge in [0.1, 0.15) is 0 Å². The molecular weight excluding hydrogens is 378 g/mol. The standard InChI is InChI=1S/C12H12BrN3O3S2/c13-11-9(2-1-8-12(11)20-6-15-8)16-4-7(3-10(16)17)5-21(14,18)19/h1-2,6-7H,3-5H2,(H2,14,18,19).